The zero-order chi connectivity index (χ0) is 26.1. The van der Waals surface area contributed by atoms with Crippen molar-refractivity contribution < 1.29 is 27.8 Å². The molecule has 0 aromatic heterocycles. The van der Waals surface area contributed by atoms with Gasteiger partial charge in [0.2, 0.25) is 5.91 Å². The molecule has 37 heavy (non-hydrogen) atoms. The molecule has 2 aliphatic rings. The van der Waals surface area contributed by atoms with Crippen LogP contribution in [0.1, 0.15) is 41.5 Å². The molecule has 1 aliphatic heterocycles. The van der Waals surface area contributed by atoms with E-state index in [9.17, 15) is 14.0 Å². The number of hydrogen-bond donors (Lipinski definition) is 0. The topological polar surface area (TPSA) is 55.8 Å². The molecule has 1 heterocycles. The van der Waals surface area contributed by atoms with Gasteiger partial charge >= 0.3 is 5.97 Å². The molecule has 3 aromatic carbocycles. The van der Waals surface area contributed by atoms with E-state index in [1.807, 2.05) is 30.3 Å². The number of fused-ring (bicyclic) bond motifs is 1. The number of halogens is 2. The van der Waals surface area contributed by atoms with Crippen molar-refractivity contribution in [2.24, 2.45) is 5.92 Å². The van der Waals surface area contributed by atoms with Crippen molar-refractivity contribution >= 4 is 11.9 Å². The van der Waals surface area contributed by atoms with Gasteiger partial charge in [-0.15, -0.1) is 0 Å². The van der Waals surface area contributed by atoms with Gasteiger partial charge in [-0.1, -0.05) is 36.4 Å². The molecule has 1 amide bonds. The van der Waals surface area contributed by atoms with Crippen LogP contribution in [-0.4, -0.2) is 37.0 Å². The van der Waals surface area contributed by atoms with Crippen LogP contribution in [0.15, 0.2) is 54.6 Å². The molecule has 0 unspecified atom stereocenters. The second-order valence-corrected chi connectivity index (χ2v) is 9.56. The highest BCUT2D eigenvalue weighted by atomic mass is 19.1. The predicted molar refractivity (Wildman–Crippen MR) is 135 cm³/mol. The van der Waals surface area contributed by atoms with Crippen molar-refractivity contribution in [1.82, 2.24) is 4.90 Å². The van der Waals surface area contributed by atoms with Gasteiger partial charge in [-0.25, -0.2) is 8.78 Å². The fourth-order valence-corrected chi connectivity index (χ4v) is 5.36. The van der Waals surface area contributed by atoms with Gasteiger partial charge < -0.3 is 14.4 Å². The summed E-state index contributed by atoms with van der Waals surface area (Å²) in [4.78, 5) is 27.2. The number of methoxy groups -OCH3 is 1. The van der Waals surface area contributed by atoms with Gasteiger partial charge in [0.25, 0.3) is 0 Å². The first-order chi connectivity index (χ1) is 17.9. The molecular formula is C30H29F2NO4. The maximum Gasteiger partial charge on any atom is 0.310 e. The second kappa shape index (κ2) is 10.3. The Labute approximate surface area is 215 Å². The fraction of sp³-hybridized carbons (Fsp3) is 0.333. The molecule has 1 fully saturated rings. The lowest BCUT2D eigenvalue weighted by atomic mass is 9.88. The first-order valence-electron chi connectivity index (χ1n) is 12.6. The Bertz CT molecular complexity index is 1340. The van der Waals surface area contributed by atoms with E-state index in [2.05, 4.69) is 0 Å². The Hall–Kier alpha value is -3.74. The van der Waals surface area contributed by atoms with E-state index in [0.29, 0.717) is 41.0 Å². The number of carbonyl (C=O) groups is 2. The van der Waals surface area contributed by atoms with Crippen molar-refractivity contribution in [3.05, 3.63) is 88.5 Å². The number of hydrogen-bond acceptors (Lipinski definition) is 4. The largest absolute Gasteiger partial charge is 0.496 e. The first kappa shape index (κ1) is 24.9. The maximum absolute atomic E-state index is 15.4. The van der Waals surface area contributed by atoms with Gasteiger partial charge in [0.05, 0.1) is 20.1 Å². The van der Waals surface area contributed by atoms with Crippen molar-refractivity contribution in [2.75, 3.05) is 20.3 Å². The van der Waals surface area contributed by atoms with E-state index < -0.39 is 17.6 Å². The molecular weight excluding hydrogens is 476 g/mol. The van der Waals surface area contributed by atoms with Crippen LogP contribution in [0, 0.1) is 17.6 Å². The van der Waals surface area contributed by atoms with Crippen molar-refractivity contribution in [3.63, 3.8) is 0 Å². The molecule has 0 radical (unpaired) electrons. The molecule has 7 heteroatoms. The number of esters is 1. The number of ether oxygens (including phenoxy) is 2. The highest BCUT2D eigenvalue weighted by Gasteiger charge is 2.46. The quantitative estimate of drug-likeness (QED) is 0.402. The highest BCUT2D eigenvalue weighted by Crippen LogP contribution is 2.49. The Kier molecular flexibility index (Phi) is 6.96. The summed E-state index contributed by atoms with van der Waals surface area (Å²) in [6.07, 6.45) is 1.09. The summed E-state index contributed by atoms with van der Waals surface area (Å²) in [5, 5.41) is 0. The van der Waals surface area contributed by atoms with Gasteiger partial charge in [0.15, 0.2) is 0 Å². The summed E-state index contributed by atoms with van der Waals surface area (Å²) in [6, 6.07) is 15.9. The molecule has 0 spiro atoms. The lowest BCUT2D eigenvalue weighted by molar-refractivity contribution is -0.142. The number of nitrogens with zero attached hydrogens (tertiary/aromatic N) is 1. The van der Waals surface area contributed by atoms with Crippen LogP contribution in [0.5, 0.6) is 5.75 Å². The van der Waals surface area contributed by atoms with Crippen LogP contribution in [0.25, 0.3) is 11.1 Å². The molecule has 5 nitrogen and oxygen atoms in total. The zero-order valence-electron chi connectivity index (χ0n) is 20.9. The van der Waals surface area contributed by atoms with Crippen molar-refractivity contribution in [3.8, 4) is 16.9 Å². The summed E-state index contributed by atoms with van der Waals surface area (Å²) in [5.74, 6) is -1.27. The third-order valence-electron chi connectivity index (χ3n) is 7.26. The molecule has 0 bridgehead atoms. The molecule has 1 saturated carbocycles. The number of benzene rings is 3. The third kappa shape index (κ3) is 4.95. The Balaban J connectivity index is 1.48. The second-order valence-electron chi connectivity index (χ2n) is 9.56. The van der Waals surface area contributed by atoms with Crippen molar-refractivity contribution in [2.45, 2.75) is 38.6 Å². The molecule has 0 saturated heterocycles. The monoisotopic (exact) mass is 505 g/mol. The van der Waals surface area contributed by atoms with Crippen LogP contribution in [0.3, 0.4) is 0 Å². The van der Waals surface area contributed by atoms with E-state index in [-0.39, 0.29) is 42.9 Å². The molecule has 0 N–H and O–H groups in total. The Morgan fingerprint density at radius 3 is 2.54 bits per heavy atom. The minimum Gasteiger partial charge on any atom is -0.496 e. The van der Waals surface area contributed by atoms with Crippen LogP contribution in [0.2, 0.25) is 0 Å². The molecule has 1 aliphatic carbocycles. The van der Waals surface area contributed by atoms with E-state index in [1.54, 1.807) is 30.0 Å². The number of amides is 1. The lowest BCUT2D eigenvalue weighted by Gasteiger charge is -2.31. The SMILES string of the molecule is CCOC(=O)Cc1ccc(OC)c(-c2c(F)cc(F)c3c2CN(C(=O)[C@@H]2C[C@H]2c2ccccc2)CC3)c1. The molecule has 192 valence electrons. The fourth-order valence-electron chi connectivity index (χ4n) is 5.36. The van der Waals surface area contributed by atoms with Gasteiger partial charge in [-0.3, -0.25) is 9.59 Å². The average molecular weight is 506 g/mol. The standard InChI is InChI=1S/C30H29F2NO4/c1-3-37-28(34)14-18-9-10-27(36-2)23(13-18)29-24-17-33(12-11-20(24)25(31)16-26(29)32)30(35)22-15-21(22)19-7-5-4-6-8-19/h4-10,13,16,21-22H,3,11-12,14-15,17H2,1-2H3/t21-,22+/m0/s1. The van der Waals surface area contributed by atoms with Crippen molar-refractivity contribution in [1.29, 1.82) is 0 Å². The minimum atomic E-state index is -0.731. The highest BCUT2D eigenvalue weighted by molar-refractivity contribution is 5.84. The average Bonchev–Trinajstić information content (AvgIpc) is 3.70. The summed E-state index contributed by atoms with van der Waals surface area (Å²) in [5.41, 5.74) is 3.24. The van der Waals surface area contributed by atoms with E-state index >= 15 is 4.39 Å². The normalized spacial score (nSPS) is 18.2. The summed E-state index contributed by atoms with van der Waals surface area (Å²) >= 11 is 0. The molecule has 5 rings (SSSR count). The predicted octanol–water partition coefficient (Wildman–Crippen LogP) is 5.43. The Morgan fingerprint density at radius 2 is 1.81 bits per heavy atom. The minimum absolute atomic E-state index is 0.0122. The zero-order valence-corrected chi connectivity index (χ0v) is 20.9. The van der Waals surface area contributed by atoms with Gasteiger partial charge in [-0.2, -0.15) is 0 Å². The smallest absolute Gasteiger partial charge is 0.310 e. The molecule has 3 aromatic rings. The third-order valence-corrected chi connectivity index (χ3v) is 7.26. The number of carbonyl (C=O) groups excluding carboxylic acids is 2. The maximum atomic E-state index is 15.4. The van der Waals surface area contributed by atoms with Gasteiger partial charge in [0, 0.05) is 36.2 Å². The Morgan fingerprint density at radius 1 is 1.03 bits per heavy atom. The van der Waals surface area contributed by atoms with Gasteiger partial charge in [0.1, 0.15) is 17.4 Å². The van der Waals surface area contributed by atoms with Crippen LogP contribution >= 0.6 is 0 Å². The summed E-state index contributed by atoms with van der Waals surface area (Å²) in [7, 11) is 1.48. The van der Waals surface area contributed by atoms with E-state index in [1.165, 1.54) is 7.11 Å². The van der Waals surface area contributed by atoms with Crippen LogP contribution in [-0.2, 0) is 33.7 Å². The van der Waals surface area contributed by atoms with Crippen LogP contribution in [0.4, 0.5) is 8.78 Å². The van der Waals surface area contributed by atoms with Crippen LogP contribution < -0.4 is 4.74 Å². The summed E-state index contributed by atoms with van der Waals surface area (Å²) < 4.78 is 40.9. The first-order valence-corrected chi connectivity index (χ1v) is 12.6. The van der Waals surface area contributed by atoms with E-state index in [0.717, 1.165) is 18.1 Å². The lowest BCUT2D eigenvalue weighted by Crippen LogP contribution is -2.38. The van der Waals surface area contributed by atoms with Gasteiger partial charge in [-0.05, 0) is 60.1 Å². The summed E-state index contributed by atoms with van der Waals surface area (Å²) in [6.45, 7) is 2.49. The number of rotatable bonds is 7. The molecule has 2 atom stereocenters. The van der Waals surface area contributed by atoms with E-state index in [4.69, 9.17) is 9.47 Å².